The zero-order valence-electron chi connectivity index (χ0n) is 10.4. The number of rotatable bonds is 4. The van der Waals surface area contributed by atoms with E-state index < -0.39 is 0 Å². The van der Waals surface area contributed by atoms with Crippen LogP contribution in [0.5, 0.6) is 0 Å². The van der Waals surface area contributed by atoms with Crippen LogP contribution in [0, 0.1) is 6.92 Å². The molecular formula is C14H19N3. The van der Waals surface area contributed by atoms with Gasteiger partial charge in [-0.3, -0.25) is 0 Å². The topological polar surface area (TPSA) is 54.7 Å². The van der Waals surface area contributed by atoms with Gasteiger partial charge in [0.2, 0.25) is 0 Å². The molecule has 0 spiro atoms. The van der Waals surface area contributed by atoms with Crippen molar-refractivity contribution in [1.29, 1.82) is 0 Å². The maximum Gasteiger partial charge on any atom is 0.106 e. The SMILES string of the molecule is Cc1ccc(-c2cnc(CCC(C)N)[nH]2)cc1. The van der Waals surface area contributed by atoms with Gasteiger partial charge in [0.1, 0.15) is 5.82 Å². The van der Waals surface area contributed by atoms with E-state index in [1.54, 1.807) is 0 Å². The predicted octanol–water partition coefficient (Wildman–Crippen LogP) is 2.66. The molecular weight excluding hydrogens is 210 g/mol. The lowest BCUT2D eigenvalue weighted by Gasteiger charge is -2.01. The molecule has 0 saturated heterocycles. The van der Waals surface area contributed by atoms with Crippen LogP contribution >= 0.6 is 0 Å². The molecule has 3 nitrogen and oxygen atoms in total. The normalized spacial score (nSPS) is 12.6. The first-order valence-electron chi connectivity index (χ1n) is 6.01. The van der Waals surface area contributed by atoms with Gasteiger partial charge in [0.15, 0.2) is 0 Å². The third-order valence-corrected chi connectivity index (χ3v) is 2.83. The number of nitrogens with two attached hydrogens (primary N) is 1. The summed E-state index contributed by atoms with van der Waals surface area (Å²) in [4.78, 5) is 7.71. The van der Waals surface area contributed by atoms with Crippen LogP contribution in [0.4, 0.5) is 0 Å². The monoisotopic (exact) mass is 229 g/mol. The standard InChI is InChI=1S/C14H19N3/c1-10-3-6-12(7-4-10)13-9-16-14(17-13)8-5-11(2)15/h3-4,6-7,9,11H,5,8,15H2,1-2H3,(H,16,17). The highest BCUT2D eigenvalue weighted by atomic mass is 14.9. The summed E-state index contributed by atoms with van der Waals surface area (Å²) >= 11 is 0. The fourth-order valence-corrected chi connectivity index (χ4v) is 1.73. The molecule has 3 N–H and O–H groups in total. The summed E-state index contributed by atoms with van der Waals surface area (Å²) in [5.74, 6) is 1.01. The Morgan fingerprint density at radius 3 is 2.65 bits per heavy atom. The highest BCUT2D eigenvalue weighted by molar-refractivity contribution is 5.58. The van der Waals surface area contributed by atoms with Crippen molar-refractivity contribution in [3.8, 4) is 11.3 Å². The number of imidazole rings is 1. The second-order valence-electron chi connectivity index (χ2n) is 4.63. The summed E-state index contributed by atoms with van der Waals surface area (Å²) < 4.78 is 0. The Morgan fingerprint density at radius 1 is 1.29 bits per heavy atom. The lowest BCUT2D eigenvalue weighted by atomic mass is 10.1. The molecule has 2 aromatic rings. The fraction of sp³-hybridized carbons (Fsp3) is 0.357. The number of benzene rings is 1. The van der Waals surface area contributed by atoms with E-state index in [4.69, 9.17) is 5.73 Å². The van der Waals surface area contributed by atoms with Crippen LogP contribution < -0.4 is 5.73 Å². The molecule has 1 unspecified atom stereocenters. The number of nitrogens with zero attached hydrogens (tertiary/aromatic N) is 1. The van der Waals surface area contributed by atoms with Gasteiger partial charge >= 0.3 is 0 Å². The zero-order valence-corrected chi connectivity index (χ0v) is 10.4. The summed E-state index contributed by atoms with van der Waals surface area (Å²) in [5.41, 5.74) is 9.25. The number of aromatic nitrogens is 2. The molecule has 17 heavy (non-hydrogen) atoms. The van der Waals surface area contributed by atoms with Gasteiger partial charge in [-0.1, -0.05) is 29.8 Å². The van der Waals surface area contributed by atoms with E-state index in [0.29, 0.717) is 0 Å². The highest BCUT2D eigenvalue weighted by Crippen LogP contribution is 2.17. The highest BCUT2D eigenvalue weighted by Gasteiger charge is 2.04. The van der Waals surface area contributed by atoms with E-state index in [2.05, 4.69) is 41.2 Å². The molecule has 90 valence electrons. The molecule has 0 fully saturated rings. The smallest absolute Gasteiger partial charge is 0.106 e. The minimum Gasteiger partial charge on any atom is -0.342 e. The van der Waals surface area contributed by atoms with Crippen molar-refractivity contribution in [2.24, 2.45) is 5.73 Å². The average Bonchev–Trinajstić information content (AvgIpc) is 2.76. The van der Waals surface area contributed by atoms with Crippen molar-refractivity contribution in [2.75, 3.05) is 0 Å². The van der Waals surface area contributed by atoms with Crippen LogP contribution in [0.2, 0.25) is 0 Å². The summed E-state index contributed by atoms with van der Waals surface area (Å²) in [6, 6.07) is 8.66. The fourth-order valence-electron chi connectivity index (χ4n) is 1.73. The van der Waals surface area contributed by atoms with E-state index in [1.165, 1.54) is 11.1 Å². The first kappa shape index (κ1) is 11.9. The van der Waals surface area contributed by atoms with Crippen molar-refractivity contribution in [2.45, 2.75) is 32.7 Å². The Balaban J connectivity index is 2.10. The first-order valence-corrected chi connectivity index (χ1v) is 6.01. The van der Waals surface area contributed by atoms with Crippen LogP contribution in [0.1, 0.15) is 24.7 Å². The van der Waals surface area contributed by atoms with Crippen LogP contribution in [0.3, 0.4) is 0 Å². The number of hydrogen-bond donors (Lipinski definition) is 2. The van der Waals surface area contributed by atoms with Crippen LogP contribution in [0.15, 0.2) is 30.5 Å². The molecule has 0 radical (unpaired) electrons. The lowest BCUT2D eigenvalue weighted by molar-refractivity contribution is 0.652. The maximum absolute atomic E-state index is 5.73. The second-order valence-corrected chi connectivity index (χ2v) is 4.63. The largest absolute Gasteiger partial charge is 0.342 e. The summed E-state index contributed by atoms with van der Waals surface area (Å²) in [7, 11) is 0. The summed E-state index contributed by atoms with van der Waals surface area (Å²) in [6.45, 7) is 4.11. The van der Waals surface area contributed by atoms with Gasteiger partial charge in [0.25, 0.3) is 0 Å². The third kappa shape index (κ3) is 3.17. The molecule has 1 aromatic carbocycles. The van der Waals surface area contributed by atoms with E-state index in [-0.39, 0.29) is 6.04 Å². The maximum atomic E-state index is 5.73. The Morgan fingerprint density at radius 2 is 2.00 bits per heavy atom. The molecule has 1 atom stereocenters. The van der Waals surface area contributed by atoms with Crippen LogP contribution in [0.25, 0.3) is 11.3 Å². The summed E-state index contributed by atoms with van der Waals surface area (Å²) in [6.07, 6.45) is 3.76. The van der Waals surface area contributed by atoms with E-state index in [9.17, 15) is 0 Å². The van der Waals surface area contributed by atoms with E-state index in [1.807, 2.05) is 13.1 Å². The minimum atomic E-state index is 0.225. The molecule has 3 heteroatoms. The molecule has 2 rings (SSSR count). The van der Waals surface area contributed by atoms with Crippen molar-refractivity contribution in [1.82, 2.24) is 9.97 Å². The van der Waals surface area contributed by atoms with E-state index in [0.717, 1.165) is 24.4 Å². The van der Waals surface area contributed by atoms with Crippen LogP contribution in [-0.4, -0.2) is 16.0 Å². The van der Waals surface area contributed by atoms with Gasteiger partial charge in [0.05, 0.1) is 11.9 Å². The average molecular weight is 229 g/mol. The Kier molecular flexibility index (Phi) is 3.59. The van der Waals surface area contributed by atoms with Gasteiger partial charge in [-0.05, 0) is 25.8 Å². The Labute approximate surface area is 102 Å². The molecule has 0 aliphatic rings. The number of aromatic amines is 1. The van der Waals surface area contributed by atoms with E-state index >= 15 is 0 Å². The van der Waals surface area contributed by atoms with Gasteiger partial charge in [0, 0.05) is 12.5 Å². The summed E-state index contributed by atoms with van der Waals surface area (Å²) in [5, 5.41) is 0. The van der Waals surface area contributed by atoms with Crippen molar-refractivity contribution < 1.29 is 0 Å². The van der Waals surface area contributed by atoms with Gasteiger partial charge in [-0.2, -0.15) is 0 Å². The van der Waals surface area contributed by atoms with Crippen molar-refractivity contribution >= 4 is 0 Å². The van der Waals surface area contributed by atoms with Gasteiger partial charge in [-0.15, -0.1) is 0 Å². The number of aryl methyl sites for hydroxylation is 2. The van der Waals surface area contributed by atoms with Crippen LogP contribution in [-0.2, 0) is 6.42 Å². The number of nitrogens with one attached hydrogen (secondary N) is 1. The zero-order chi connectivity index (χ0) is 12.3. The van der Waals surface area contributed by atoms with Gasteiger partial charge < -0.3 is 10.7 Å². The second kappa shape index (κ2) is 5.15. The number of H-pyrrole nitrogens is 1. The Bertz CT molecular complexity index is 468. The van der Waals surface area contributed by atoms with Crippen molar-refractivity contribution in [3.05, 3.63) is 41.9 Å². The molecule has 1 aromatic heterocycles. The molecule has 0 saturated carbocycles. The molecule has 0 aliphatic carbocycles. The first-order chi connectivity index (χ1) is 8.15. The molecule has 0 aliphatic heterocycles. The minimum absolute atomic E-state index is 0.225. The lowest BCUT2D eigenvalue weighted by Crippen LogP contribution is -2.15. The predicted molar refractivity (Wildman–Crippen MR) is 70.7 cm³/mol. The molecule has 0 amide bonds. The number of hydrogen-bond acceptors (Lipinski definition) is 2. The quantitative estimate of drug-likeness (QED) is 0.846. The molecule has 1 heterocycles. The third-order valence-electron chi connectivity index (χ3n) is 2.83. The molecule has 0 bridgehead atoms. The Hall–Kier alpha value is -1.61. The van der Waals surface area contributed by atoms with Gasteiger partial charge in [-0.25, -0.2) is 4.98 Å². The van der Waals surface area contributed by atoms with Crippen molar-refractivity contribution in [3.63, 3.8) is 0 Å².